The number of carbonyl (C=O) groups excluding carboxylic acids is 1. The van der Waals surface area contributed by atoms with Crippen LogP contribution in [0.2, 0.25) is 0 Å². The number of benzene rings is 2. The number of carboxylic acids is 1. The molecule has 2 heterocycles. The number of aromatic nitrogens is 2. The fourth-order valence-corrected chi connectivity index (χ4v) is 3.88. The quantitative estimate of drug-likeness (QED) is 0.460. The van der Waals surface area contributed by atoms with Gasteiger partial charge in [0.1, 0.15) is 5.82 Å². The molecular weight excluding hydrogens is 386 g/mol. The monoisotopic (exact) mass is 406 g/mol. The maximum absolute atomic E-state index is 10.9. The van der Waals surface area contributed by atoms with Crippen LogP contribution < -0.4 is 10.0 Å². The summed E-state index contributed by atoms with van der Waals surface area (Å²) < 4.78 is 5.46. The van der Waals surface area contributed by atoms with E-state index in [1.54, 1.807) is 24.3 Å². The van der Waals surface area contributed by atoms with E-state index in [1.165, 1.54) is 11.8 Å². The number of hydrogen-bond donors (Lipinski definition) is 0. The maximum atomic E-state index is 10.9. The van der Waals surface area contributed by atoms with Crippen molar-refractivity contribution in [2.75, 3.05) is 31.2 Å². The van der Waals surface area contributed by atoms with E-state index < -0.39 is 5.97 Å². The summed E-state index contributed by atoms with van der Waals surface area (Å²) >= 11 is 1.53. The minimum absolute atomic E-state index is 0.177. The SMILES string of the molecule is O=C([O-])c1ccc(CSc2nc(-c3ccccc3)cc(N3CCOCC3)n2)cc1. The number of anilines is 1. The molecule has 7 heteroatoms. The van der Waals surface area contributed by atoms with Crippen LogP contribution in [0, 0.1) is 0 Å². The molecule has 1 fully saturated rings. The molecule has 4 rings (SSSR count). The Bertz CT molecular complexity index is 974. The van der Waals surface area contributed by atoms with Crippen molar-refractivity contribution >= 4 is 23.5 Å². The molecule has 2 aromatic carbocycles. The van der Waals surface area contributed by atoms with Crippen LogP contribution in [0.15, 0.2) is 65.8 Å². The van der Waals surface area contributed by atoms with E-state index in [1.807, 2.05) is 36.4 Å². The third-order valence-corrected chi connectivity index (χ3v) is 5.57. The molecule has 0 saturated carbocycles. The first kappa shape index (κ1) is 19.4. The molecule has 29 heavy (non-hydrogen) atoms. The first-order valence-electron chi connectivity index (χ1n) is 9.39. The second-order valence-corrected chi connectivity index (χ2v) is 7.57. The summed E-state index contributed by atoms with van der Waals surface area (Å²) in [6.07, 6.45) is 0. The molecule has 0 unspecified atom stereocenters. The summed E-state index contributed by atoms with van der Waals surface area (Å²) in [6.45, 7) is 3.00. The van der Waals surface area contributed by atoms with E-state index in [0.29, 0.717) is 24.1 Å². The molecule has 0 spiro atoms. The largest absolute Gasteiger partial charge is 0.545 e. The van der Waals surface area contributed by atoms with Gasteiger partial charge in [-0.1, -0.05) is 66.4 Å². The Hall–Kier alpha value is -2.90. The number of thioether (sulfide) groups is 1. The van der Waals surface area contributed by atoms with Crippen molar-refractivity contribution in [1.29, 1.82) is 0 Å². The molecule has 3 aromatic rings. The van der Waals surface area contributed by atoms with Crippen molar-refractivity contribution in [2.45, 2.75) is 10.9 Å². The van der Waals surface area contributed by atoms with Gasteiger partial charge in [-0.15, -0.1) is 0 Å². The normalized spacial score (nSPS) is 14.0. The molecule has 1 aliphatic heterocycles. The van der Waals surface area contributed by atoms with Crippen LogP contribution in [-0.2, 0) is 10.5 Å². The molecule has 0 N–H and O–H groups in total. The summed E-state index contributed by atoms with van der Waals surface area (Å²) in [5.74, 6) is 0.379. The van der Waals surface area contributed by atoms with Gasteiger partial charge in [0, 0.05) is 30.5 Å². The zero-order chi connectivity index (χ0) is 20.1. The van der Waals surface area contributed by atoms with E-state index in [4.69, 9.17) is 14.7 Å². The van der Waals surface area contributed by atoms with E-state index >= 15 is 0 Å². The van der Waals surface area contributed by atoms with Gasteiger partial charge in [0.2, 0.25) is 0 Å². The molecule has 1 saturated heterocycles. The summed E-state index contributed by atoms with van der Waals surface area (Å²) in [4.78, 5) is 22.6. The molecule has 0 radical (unpaired) electrons. The van der Waals surface area contributed by atoms with Gasteiger partial charge in [0.15, 0.2) is 5.16 Å². The van der Waals surface area contributed by atoms with Crippen molar-refractivity contribution in [3.8, 4) is 11.3 Å². The predicted molar refractivity (Wildman–Crippen MR) is 111 cm³/mol. The average molecular weight is 406 g/mol. The Morgan fingerprint density at radius 3 is 2.45 bits per heavy atom. The standard InChI is InChI=1S/C22H21N3O3S/c26-21(27)18-8-6-16(7-9-18)15-29-22-23-19(17-4-2-1-3-5-17)14-20(24-22)25-10-12-28-13-11-25/h1-9,14H,10-13,15H2,(H,26,27)/p-1. The topological polar surface area (TPSA) is 78.4 Å². The highest BCUT2D eigenvalue weighted by atomic mass is 32.2. The number of hydrogen-bond acceptors (Lipinski definition) is 7. The second kappa shape index (κ2) is 9.07. The van der Waals surface area contributed by atoms with Gasteiger partial charge in [0.25, 0.3) is 0 Å². The fourth-order valence-electron chi connectivity index (χ4n) is 3.07. The average Bonchev–Trinajstić information content (AvgIpc) is 2.79. The lowest BCUT2D eigenvalue weighted by atomic mass is 10.1. The van der Waals surface area contributed by atoms with Crippen LogP contribution in [0.3, 0.4) is 0 Å². The van der Waals surface area contributed by atoms with E-state index in [-0.39, 0.29) is 5.56 Å². The second-order valence-electron chi connectivity index (χ2n) is 6.63. The van der Waals surface area contributed by atoms with Crippen molar-refractivity contribution < 1.29 is 14.6 Å². The van der Waals surface area contributed by atoms with Gasteiger partial charge in [-0.05, 0) is 11.1 Å². The summed E-state index contributed by atoms with van der Waals surface area (Å²) in [5, 5.41) is 11.6. The van der Waals surface area contributed by atoms with Crippen LogP contribution >= 0.6 is 11.8 Å². The van der Waals surface area contributed by atoms with Crippen LogP contribution in [0.1, 0.15) is 15.9 Å². The number of nitrogens with zero attached hydrogens (tertiary/aromatic N) is 3. The Morgan fingerprint density at radius 2 is 1.76 bits per heavy atom. The highest BCUT2D eigenvalue weighted by molar-refractivity contribution is 7.98. The molecule has 0 amide bonds. The van der Waals surface area contributed by atoms with Crippen molar-refractivity contribution in [1.82, 2.24) is 9.97 Å². The van der Waals surface area contributed by atoms with E-state index in [9.17, 15) is 9.90 Å². The number of rotatable bonds is 6. The van der Waals surface area contributed by atoms with Crippen molar-refractivity contribution in [3.63, 3.8) is 0 Å². The fraction of sp³-hybridized carbons (Fsp3) is 0.227. The Balaban J connectivity index is 1.58. The zero-order valence-electron chi connectivity index (χ0n) is 15.8. The van der Waals surface area contributed by atoms with Gasteiger partial charge < -0.3 is 19.5 Å². The lowest BCUT2D eigenvalue weighted by molar-refractivity contribution is -0.255. The summed E-state index contributed by atoms with van der Waals surface area (Å²) in [6, 6.07) is 18.8. The molecular formula is C22H20N3O3S-. The minimum Gasteiger partial charge on any atom is -0.545 e. The van der Waals surface area contributed by atoms with Crippen molar-refractivity contribution in [3.05, 3.63) is 71.8 Å². The Kier molecular flexibility index (Phi) is 6.07. The first-order valence-corrected chi connectivity index (χ1v) is 10.4. The van der Waals surface area contributed by atoms with Gasteiger partial charge >= 0.3 is 0 Å². The molecule has 1 aliphatic rings. The van der Waals surface area contributed by atoms with Gasteiger partial charge in [-0.2, -0.15) is 0 Å². The number of aromatic carboxylic acids is 1. The number of carboxylic acid groups (broad SMARTS) is 1. The molecule has 6 nitrogen and oxygen atoms in total. The van der Waals surface area contributed by atoms with Crippen LogP contribution in [0.5, 0.6) is 0 Å². The third-order valence-electron chi connectivity index (χ3n) is 4.65. The van der Waals surface area contributed by atoms with Gasteiger partial charge in [-0.25, -0.2) is 9.97 Å². The van der Waals surface area contributed by atoms with E-state index in [2.05, 4.69) is 4.90 Å². The minimum atomic E-state index is -1.17. The lowest BCUT2D eigenvalue weighted by Crippen LogP contribution is -2.36. The highest BCUT2D eigenvalue weighted by Gasteiger charge is 2.16. The maximum Gasteiger partial charge on any atom is 0.190 e. The molecule has 0 bridgehead atoms. The van der Waals surface area contributed by atoms with E-state index in [0.717, 1.165) is 35.7 Å². The zero-order valence-corrected chi connectivity index (χ0v) is 16.6. The van der Waals surface area contributed by atoms with Crippen molar-refractivity contribution in [2.24, 2.45) is 0 Å². The summed E-state index contributed by atoms with van der Waals surface area (Å²) in [7, 11) is 0. The molecule has 148 valence electrons. The number of morpholine rings is 1. The molecule has 0 aliphatic carbocycles. The summed E-state index contributed by atoms with van der Waals surface area (Å²) in [5.41, 5.74) is 3.11. The first-order chi connectivity index (χ1) is 14.2. The van der Waals surface area contributed by atoms with Gasteiger partial charge in [-0.3, -0.25) is 0 Å². The van der Waals surface area contributed by atoms with Gasteiger partial charge in [0.05, 0.1) is 24.9 Å². The van der Waals surface area contributed by atoms with Crippen LogP contribution in [0.4, 0.5) is 5.82 Å². The Morgan fingerprint density at radius 1 is 1.03 bits per heavy atom. The smallest absolute Gasteiger partial charge is 0.190 e. The highest BCUT2D eigenvalue weighted by Crippen LogP contribution is 2.27. The Labute approximate surface area is 173 Å². The lowest BCUT2D eigenvalue weighted by Gasteiger charge is -2.28. The predicted octanol–water partition coefficient (Wildman–Crippen LogP) is 2.64. The van der Waals surface area contributed by atoms with Crippen LogP contribution in [0.25, 0.3) is 11.3 Å². The number of carbonyl (C=O) groups is 1. The molecule has 1 aromatic heterocycles. The van der Waals surface area contributed by atoms with Crippen LogP contribution in [-0.4, -0.2) is 42.2 Å². The third kappa shape index (κ3) is 4.93. The molecule has 0 atom stereocenters. The number of ether oxygens (including phenoxy) is 1.